The van der Waals surface area contributed by atoms with E-state index in [9.17, 15) is 4.79 Å². The third-order valence-corrected chi connectivity index (χ3v) is 4.67. The molecule has 0 atom stereocenters. The lowest BCUT2D eigenvalue weighted by molar-refractivity contribution is 0.305. The largest absolute Gasteiger partial charge is 0.476 e. The number of nitrogens with zero attached hydrogens (tertiary/aromatic N) is 4. The maximum absolute atomic E-state index is 10.6. The number of carbonyl (C=O) groups excluding carboxylic acids is 1. The van der Waals surface area contributed by atoms with Crippen LogP contribution in [0.15, 0.2) is 53.0 Å². The van der Waals surface area contributed by atoms with Crippen molar-refractivity contribution in [2.45, 2.75) is 38.3 Å². The first-order valence-corrected chi connectivity index (χ1v) is 10.8. The Morgan fingerprint density at radius 3 is 2.60 bits per heavy atom. The number of hydrogen-bond donors (Lipinski definition) is 0. The lowest BCUT2D eigenvalue weighted by Gasteiger charge is -2.08. The number of ether oxygens (including phenoxy) is 2. The standard InChI is InChI=1S/C22H24N4O3S/c1-3-5-6-7-11-15-29-21-19-18(25-26(21)17-12-9-8-10-13-17)20(28-4-2)24-22(23-19)30-16-14-27/h6-10,12-13,16H,3-5,11,15H2,1-2H3. The zero-order chi connectivity index (χ0) is 21.2. The van der Waals surface area contributed by atoms with Crippen molar-refractivity contribution in [1.82, 2.24) is 19.7 Å². The predicted molar refractivity (Wildman–Crippen MR) is 118 cm³/mol. The smallest absolute Gasteiger partial charge is 0.246 e. The van der Waals surface area contributed by atoms with Crippen LogP contribution < -0.4 is 9.47 Å². The minimum Gasteiger partial charge on any atom is -0.476 e. The van der Waals surface area contributed by atoms with Gasteiger partial charge in [-0.05, 0) is 43.7 Å². The fraction of sp³-hybridized carbons (Fsp3) is 0.318. The van der Waals surface area contributed by atoms with Gasteiger partial charge in [0.1, 0.15) is 5.94 Å². The first-order chi connectivity index (χ1) is 14.8. The van der Waals surface area contributed by atoms with Crippen molar-refractivity contribution in [3.8, 4) is 17.4 Å². The summed E-state index contributed by atoms with van der Waals surface area (Å²) in [5, 5.41) is 6.31. The van der Waals surface area contributed by atoms with E-state index in [-0.39, 0.29) is 0 Å². The molecule has 0 radical (unpaired) electrons. The fourth-order valence-corrected chi connectivity index (χ4v) is 3.20. The molecule has 8 heteroatoms. The van der Waals surface area contributed by atoms with Crippen LogP contribution in [-0.4, -0.2) is 38.9 Å². The molecule has 0 bridgehead atoms. The summed E-state index contributed by atoms with van der Waals surface area (Å²) in [6.45, 7) is 4.94. The number of hydrogen-bond acceptors (Lipinski definition) is 7. The second kappa shape index (κ2) is 11.2. The molecule has 2 heterocycles. The molecule has 1 aromatic carbocycles. The topological polar surface area (TPSA) is 79.1 Å². The molecule has 0 aliphatic heterocycles. The van der Waals surface area contributed by atoms with Crippen LogP contribution in [-0.2, 0) is 4.79 Å². The van der Waals surface area contributed by atoms with Crippen molar-refractivity contribution < 1.29 is 14.3 Å². The number of rotatable bonds is 11. The van der Waals surface area contributed by atoms with Gasteiger partial charge in [-0.25, -0.2) is 9.78 Å². The van der Waals surface area contributed by atoms with E-state index in [0.29, 0.717) is 41.2 Å². The Labute approximate surface area is 179 Å². The van der Waals surface area contributed by atoms with Crippen molar-refractivity contribution in [2.24, 2.45) is 0 Å². The van der Waals surface area contributed by atoms with Gasteiger partial charge in [0.2, 0.25) is 11.8 Å². The van der Waals surface area contributed by atoms with Gasteiger partial charge in [0, 0.05) is 0 Å². The summed E-state index contributed by atoms with van der Waals surface area (Å²) in [4.78, 5) is 19.6. The molecule has 7 nitrogen and oxygen atoms in total. The van der Waals surface area contributed by atoms with E-state index in [1.54, 1.807) is 10.6 Å². The molecule has 0 spiro atoms. The molecule has 0 saturated carbocycles. The fourth-order valence-electron chi connectivity index (χ4n) is 2.77. The van der Waals surface area contributed by atoms with Crippen LogP contribution in [0.5, 0.6) is 11.8 Å². The number of para-hydroxylation sites is 1. The van der Waals surface area contributed by atoms with E-state index in [1.165, 1.54) is 5.41 Å². The number of allylic oxidation sites excluding steroid dienone is 1. The molecule has 156 valence electrons. The third kappa shape index (κ3) is 5.28. The van der Waals surface area contributed by atoms with E-state index in [1.807, 2.05) is 37.3 Å². The maximum atomic E-state index is 10.6. The Balaban J connectivity index is 2.05. The van der Waals surface area contributed by atoms with Crippen molar-refractivity contribution >= 4 is 28.7 Å². The number of aromatic nitrogens is 4. The van der Waals surface area contributed by atoms with E-state index in [4.69, 9.17) is 9.47 Å². The molecule has 2 aromatic heterocycles. The zero-order valence-corrected chi connectivity index (χ0v) is 17.9. The zero-order valence-electron chi connectivity index (χ0n) is 17.1. The van der Waals surface area contributed by atoms with Crippen molar-refractivity contribution in [1.29, 1.82) is 0 Å². The van der Waals surface area contributed by atoms with Crippen LogP contribution in [0, 0.1) is 0 Å². The maximum Gasteiger partial charge on any atom is 0.246 e. The highest BCUT2D eigenvalue weighted by Crippen LogP contribution is 2.33. The summed E-state index contributed by atoms with van der Waals surface area (Å²) < 4.78 is 13.5. The van der Waals surface area contributed by atoms with Crippen molar-refractivity contribution in [3.05, 3.63) is 47.9 Å². The molecule has 0 saturated heterocycles. The van der Waals surface area contributed by atoms with Gasteiger partial charge in [-0.3, -0.25) is 0 Å². The van der Waals surface area contributed by atoms with Crippen LogP contribution in [0.4, 0.5) is 0 Å². The Hall–Kier alpha value is -3.09. The summed E-state index contributed by atoms with van der Waals surface area (Å²) in [6.07, 6.45) is 7.23. The Morgan fingerprint density at radius 2 is 1.87 bits per heavy atom. The lowest BCUT2D eigenvalue weighted by atomic mass is 10.3. The molecule has 3 aromatic rings. The average molecular weight is 425 g/mol. The normalized spacial score (nSPS) is 11.0. The number of thioether (sulfide) groups is 1. The van der Waals surface area contributed by atoms with Crippen LogP contribution in [0.25, 0.3) is 16.7 Å². The van der Waals surface area contributed by atoms with Gasteiger partial charge in [-0.1, -0.05) is 43.7 Å². The molecule has 3 rings (SSSR count). The minimum absolute atomic E-state index is 0.353. The first kappa shape index (κ1) is 21.6. The Morgan fingerprint density at radius 1 is 1.07 bits per heavy atom. The summed E-state index contributed by atoms with van der Waals surface area (Å²) in [5.74, 6) is 2.60. The third-order valence-electron chi connectivity index (χ3n) is 4.07. The van der Waals surface area contributed by atoms with E-state index >= 15 is 0 Å². The predicted octanol–water partition coefficient (Wildman–Crippen LogP) is 4.78. The second-order valence-corrected chi connectivity index (χ2v) is 7.08. The highest BCUT2D eigenvalue weighted by Gasteiger charge is 2.21. The highest BCUT2D eigenvalue weighted by molar-refractivity contribution is 8.02. The van der Waals surface area contributed by atoms with Gasteiger partial charge in [-0.2, -0.15) is 14.8 Å². The van der Waals surface area contributed by atoms with Gasteiger partial charge >= 0.3 is 0 Å². The number of unbranched alkanes of at least 4 members (excludes halogenated alkanes) is 1. The van der Waals surface area contributed by atoms with E-state index in [2.05, 4.69) is 34.1 Å². The van der Waals surface area contributed by atoms with Crippen molar-refractivity contribution in [3.63, 3.8) is 0 Å². The summed E-state index contributed by atoms with van der Waals surface area (Å²) in [7, 11) is 0. The first-order valence-electron chi connectivity index (χ1n) is 9.91. The SMILES string of the molecule is CCCC=CCCOc1c2nc(SC=C=O)nc(OCC)c2nn1-c1ccccc1. The summed E-state index contributed by atoms with van der Waals surface area (Å²) in [5.41, 5.74) is 1.89. The molecular formula is C22H24N4O3S. The summed E-state index contributed by atoms with van der Waals surface area (Å²) >= 11 is 1.07. The molecule has 0 unspecified atom stereocenters. The second-order valence-electron chi connectivity index (χ2n) is 6.24. The number of fused-ring (bicyclic) bond motifs is 1. The van der Waals surface area contributed by atoms with Gasteiger partial charge in [0.25, 0.3) is 0 Å². The van der Waals surface area contributed by atoms with Gasteiger partial charge in [0.05, 0.1) is 24.3 Å². The van der Waals surface area contributed by atoms with Crippen LogP contribution in [0.1, 0.15) is 33.1 Å². The quantitative estimate of drug-likeness (QED) is 0.144. The van der Waals surface area contributed by atoms with E-state index < -0.39 is 0 Å². The van der Waals surface area contributed by atoms with E-state index in [0.717, 1.165) is 36.7 Å². The summed E-state index contributed by atoms with van der Waals surface area (Å²) in [6, 6.07) is 9.70. The molecule has 0 aliphatic rings. The van der Waals surface area contributed by atoms with Gasteiger partial charge in [-0.15, -0.1) is 0 Å². The highest BCUT2D eigenvalue weighted by atomic mass is 32.2. The molecule has 30 heavy (non-hydrogen) atoms. The molecular weight excluding hydrogens is 400 g/mol. The van der Waals surface area contributed by atoms with Crippen LogP contribution in [0.2, 0.25) is 0 Å². The van der Waals surface area contributed by atoms with Gasteiger partial charge in [0.15, 0.2) is 16.2 Å². The Bertz CT molecular complexity index is 1040. The molecule has 0 aliphatic carbocycles. The average Bonchev–Trinajstić information content (AvgIpc) is 3.14. The Kier molecular flexibility index (Phi) is 8.06. The van der Waals surface area contributed by atoms with Crippen molar-refractivity contribution in [2.75, 3.05) is 13.2 Å². The number of benzene rings is 1. The molecule has 0 amide bonds. The van der Waals surface area contributed by atoms with Crippen LogP contribution in [0.3, 0.4) is 0 Å². The minimum atomic E-state index is 0.353. The lowest BCUT2D eigenvalue weighted by Crippen LogP contribution is -2.04. The van der Waals surface area contributed by atoms with Crippen LogP contribution >= 0.6 is 11.8 Å². The monoisotopic (exact) mass is 424 g/mol. The molecule has 0 fully saturated rings. The van der Waals surface area contributed by atoms with Gasteiger partial charge < -0.3 is 9.47 Å². The molecule has 0 N–H and O–H groups in total.